The molecule has 0 fully saturated rings. The van der Waals surface area contributed by atoms with Crippen LogP contribution in [0.25, 0.3) is 22.2 Å². The highest BCUT2D eigenvalue weighted by Crippen LogP contribution is 2.36. The van der Waals surface area contributed by atoms with Crippen molar-refractivity contribution in [2.24, 2.45) is 0 Å². The van der Waals surface area contributed by atoms with Gasteiger partial charge in [0, 0.05) is 29.8 Å². The van der Waals surface area contributed by atoms with Gasteiger partial charge in [0.05, 0.1) is 22.9 Å². The van der Waals surface area contributed by atoms with Crippen LogP contribution in [0.3, 0.4) is 0 Å². The van der Waals surface area contributed by atoms with Crippen molar-refractivity contribution >= 4 is 22.5 Å². The molecular weight excluding hydrogens is 404 g/mol. The Balaban J connectivity index is 1.70. The van der Waals surface area contributed by atoms with E-state index in [0.29, 0.717) is 23.6 Å². The topological polar surface area (TPSA) is 93.1 Å². The Morgan fingerprint density at radius 3 is 2.56 bits per heavy atom. The number of hydrogen-bond donors (Lipinski definition) is 1. The number of amides is 1. The molecule has 0 aliphatic rings. The van der Waals surface area contributed by atoms with Crippen molar-refractivity contribution in [3.8, 4) is 23.1 Å². The van der Waals surface area contributed by atoms with Crippen molar-refractivity contribution < 1.29 is 14.1 Å². The maximum atomic E-state index is 12.3. The quantitative estimate of drug-likeness (QED) is 0.435. The summed E-state index contributed by atoms with van der Waals surface area (Å²) in [7, 11) is 0. The number of ether oxygens (including phenoxy) is 1. The average Bonchev–Trinajstić information content (AvgIpc) is 3.34. The highest BCUT2D eigenvalue weighted by Gasteiger charge is 2.19. The lowest BCUT2D eigenvalue weighted by Gasteiger charge is -2.12. The number of rotatable bonds is 6. The van der Waals surface area contributed by atoms with E-state index in [1.54, 1.807) is 13.0 Å². The van der Waals surface area contributed by atoms with Gasteiger partial charge in [0.25, 0.3) is 5.91 Å². The lowest BCUT2D eigenvalue weighted by atomic mass is 10.1. The summed E-state index contributed by atoms with van der Waals surface area (Å²) in [6.07, 6.45) is 0.0660. The maximum Gasteiger partial charge on any atom is 0.277 e. The molecule has 32 heavy (non-hydrogen) atoms. The number of benzene rings is 2. The number of hydrogen-bond acceptors (Lipinski definition) is 5. The highest BCUT2D eigenvalue weighted by molar-refractivity contribution is 6.03. The molecule has 0 saturated carbocycles. The van der Waals surface area contributed by atoms with Gasteiger partial charge in [-0.2, -0.15) is 5.26 Å². The predicted molar refractivity (Wildman–Crippen MR) is 123 cm³/mol. The lowest BCUT2D eigenvalue weighted by Crippen LogP contribution is -2.12. The Labute approximate surface area is 186 Å². The molecule has 162 valence electrons. The molecule has 0 radical (unpaired) electrons. The van der Waals surface area contributed by atoms with E-state index in [1.165, 1.54) is 0 Å². The van der Waals surface area contributed by atoms with E-state index in [4.69, 9.17) is 9.26 Å². The molecule has 7 nitrogen and oxygen atoms in total. The van der Waals surface area contributed by atoms with E-state index in [9.17, 15) is 10.1 Å². The highest BCUT2D eigenvalue weighted by atomic mass is 16.5. The smallest absolute Gasteiger partial charge is 0.277 e. The summed E-state index contributed by atoms with van der Waals surface area (Å²) < 4.78 is 12.9. The summed E-state index contributed by atoms with van der Waals surface area (Å²) in [5.74, 6) is 1.01. The summed E-state index contributed by atoms with van der Waals surface area (Å²) in [4.78, 5) is 12.3. The van der Waals surface area contributed by atoms with Crippen LogP contribution in [0.5, 0.6) is 5.75 Å². The van der Waals surface area contributed by atoms with Gasteiger partial charge in [-0.05, 0) is 57.5 Å². The van der Waals surface area contributed by atoms with Gasteiger partial charge < -0.3 is 19.1 Å². The second-order valence-corrected chi connectivity index (χ2v) is 7.78. The molecule has 2 aromatic carbocycles. The Hall–Kier alpha value is -4.05. The first kappa shape index (κ1) is 21.2. The first-order valence-electron chi connectivity index (χ1n) is 10.5. The van der Waals surface area contributed by atoms with Gasteiger partial charge >= 0.3 is 0 Å². The molecule has 0 aliphatic heterocycles. The van der Waals surface area contributed by atoms with Crippen molar-refractivity contribution in [1.82, 2.24) is 9.72 Å². The third-order valence-corrected chi connectivity index (χ3v) is 5.11. The second kappa shape index (κ2) is 8.60. The van der Waals surface area contributed by atoms with Crippen LogP contribution in [0.15, 0.2) is 53.1 Å². The fourth-order valence-electron chi connectivity index (χ4n) is 3.80. The largest absolute Gasteiger partial charge is 0.491 e. The van der Waals surface area contributed by atoms with Gasteiger partial charge in [-0.1, -0.05) is 17.3 Å². The number of aromatic nitrogens is 2. The number of fused-ring (bicyclic) bond motifs is 1. The molecule has 1 N–H and O–H groups in total. The monoisotopic (exact) mass is 428 g/mol. The zero-order chi connectivity index (χ0) is 22.8. The first-order chi connectivity index (χ1) is 15.4. The average molecular weight is 428 g/mol. The Bertz CT molecular complexity index is 1320. The third kappa shape index (κ3) is 3.95. The predicted octanol–water partition coefficient (Wildman–Crippen LogP) is 5.54. The van der Waals surface area contributed by atoms with Crippen LogP contribution in [0.4, 0.5) is 5.69 Å². The number of nitrogens with zero attached hydrogens (tertiary/aromatic N) is 3. The molecule has 2 aromatic heterocycles. The van der Waals surface area contributed by atoms with Crippen LogP contribution < -0.4 is 10.1 Å². The molecule has 7 heteroatoms. The number of aryl methyl sites for hydroxylation is 2. The van der Waals surface area contributed by atoms with Crippen LogP contribution >= 0.6 is 0 Å². The minimum absolute atomic E-state index is 0.0660. The fourth-order valence-corrected chi connectivity index (χ4v) is 3.80. The molecule has 0 saturated heterocycles. The van der Waals surface area contributed by atoms with Crippen LogP contribution in [0.2, 0.25) is 0 Å². The molecule has 0 bridgehead atoms. The zero-order valence-corrected chi connectivity index (χ0v) is 18.5. The van der Waals surface area contributed by atoms with Crippen molar-refractivity contribution in [2.75, 3.05) is 5.32 Å². The minimum atomic E-state index is -0.340. The van der Waals surface area contributed by atoms with Crippen molar-refractivity contribution in [3.63, 3.8) is 0 Å². The molecule has 0 aliphatic carbocycles. The normalized spacial score (nSPS) is 11.0. The number of nitrogens with one attached hydrogen (secondary N) is 1. The standard InChI is InChI=1S/C25H24N4O3/c1-5-29-23-13-19(31-15(2)3)10-11-20(23)21(14-26)24(29)17-6-8-18(9-7-17)27-25(30)22-12-16(4)32-28-22/h6-13,15H,5H2,1-4H3,(H,27,30). The summed E-state index contributed by atoms with van der Waals surface area (Å²) in [5, 5.41) is 17.4. The van der Waals surface area contributed by atoms with Crippen molar-refractivity contribution in [3.05, 3.63) is 65.5 Å². The van der Waals surface area contributed by atoms with E-state index in [0.717, 1.165) is 27.9 Å². The number of nitriles is 1. The summed E-state index contributed by atoms with van der Waals surface area (Å²) in [5.41, 5.74) is 4.16. The maximum absolute atomic E-state index is 12.3. The Morgan fingerprint density at radius 1 is 1.22 bits per heavy atom. The van der Waals surface area contributed by atoms with Gasteiger partial charge in [-0.15, -0.1) is 0 Å². The molecule has 2 heterocycles. The van der Waals surface area contributed by atoms with E-state index in [2.05, 4.69) is 28.0 Å². The van der Waals surface area contributed by atoms with Crippen molar-refractivity contribution in [1.29, 1.82) is 5.26 Å². The third-order valence-electron chi connectivity index (χ3n) is 5.11. The van der Waals surface area contributed by atoms with Gasteiger partial charge in [0.2, 0.25) is 0 Å². The molecule has 0 spiro atoms. The van der Waals surface area contributed by atoms with Gasteiger partial charge in [-0.25, -0.2) is 0 Å². The second-order valence-electron chi connectivity index (χ2n) is 7.78. The number of carbonyl (C=O) groups excluding carboxylic acids is 1. The summed E-state index contributed by atoms with van der Waals surface area (Å²) in [6, 6.07) is 17.2. The molecule has 4 aromatic rings. The van der Waals surface area contributed by atoms with E-state index >= 15 is 0 Å². The summed E-state index contributed by atoms with van der Waals surface area (Å²) >= 11 is 0. The fraction of sp³-hybridized carbons (Fsp3) is 0.240. The Kier molecular flexibility index (Phi) is 5.69. The molecule has 1 amide bonds. The van der Waals surface area contributed by atoms with Crippen LogP contribution in [0.1, 0.15) is 42.6 Å². The number of carbonyl (C=O) groups is 1. The van der Waals surface area contributed by atoms with Gasteiger partial charge in [0.15, 0.2) is 5.69 Å². The lowest BCUT2D eigenvalue weighted by molar-refractivity contribution is 0.101. The minimum Gasteiger partial charge on any atom is -0.491 e. The van der Waals surface area contributed by atoms with E-state index < -0.39 is 0 Å². The van der Waals surface area contributed by atoms with Gasteiger partial charge in [0.1, 0.15) is 17.6 Å². The first-order valence-corrected chi connectivity index (χ1v) is 10.5. The van der Waals surface area contributed by atoms with Crippen LogP contribution in [-0.4, -0.2) is 21.7 Å². The summed E-state index contributed by atoms with van der Waals surface area (Å²) in [6.45, 7) is 8.45. The van der Waals surface area contributed by atoms with E-state index in [-0.39, 0.29) is 17.7 Å². The van der Waals surface area contributed by atoms with Crippen molar-refractivity contribution in [2.45, 2.75) is 40.3 Å². The zero-order valence-electron chi connectivity index (χ0n) is 18.5. The molecule has 4 rings (SSSR count). The van der Waals surface area contributed by atoms with Gasteiger partial charge in [-0.3, -0.25) is 4.79 Å². The SMILES string of the molecule is CCn1c(-c2ccc(NC(=O)c3cc(C)on3)cc2)c(C#N)c2ccc(OC(C)C)cc21. The number of anilines is 1. The Morgan fingerprint density at radius 2 is 1.97 bits per heavy atom. The van der Waals surface area contributed by atoms with E-state index in [1.807, 2.05) is 56.3 Å². The van der Waals surface area contributed by atoms with Crippen LogP contribution in [0, 0.1) is 18.3 Å². The molecular formula is C25H24N4O3. The molecule has 0 unspecified atom stereocenters. The van der Waals surface area contributed by atoms with Crippen LogP contribution in [-0.2, 0) is 6.54 Å². The molecule has 0 atom stereocenters.